The van der Waals surface area contributed by atoms with E-state index in [-0.39, 0.29) is 17.9 Å². The first-order valence-electron chi connectivity index (χ1n) is 9.38. The summed E-state index contributed by atoms with van der Waals surface area (Å²) in [5.41, 5.74) is 2.54. The van der Waals surface area contributed by atoms with Crippen molar-refractivity contribution >= 4 is 5.91 Å². The number of piperidine rings is 1. The molecule has 3 heteroatoms. The summed E-state index contributed by atoms with van der Waals surface area (Å²) >= 11 is 0. The van der Waals surface area contributed by atoms with Gasteiger partial charge in [-0.05, 0) is 43.5 Å². The molecule has 1 aliphatic rings. The van der Waals surface area contributed by atoms with Gasteiger partial charge >= 0.3 is 0 Å². The first-order chi connectivity index (χ1) is 12.3. The second-order valence-electron chi connectivity index (χ2n) is 6.92. The van der Waals surface area contributed by atoms with Crippen LogP contribution in [0.5, 0.6) is 0 Å². The summed E-state index contributed by atoms with van der Waals surface area (Å²) in [4.78, 5) is 15.1. The molecule has 2 aromatic rings. The highest BCUT2D eigenvalue weighted by molar-refractivity contribution is 5.79. The Morgan fingerprint density at radius 1 is 1.04 bits per heavy atom. The van der Waals surface area contributed by atoms with E-state index in [9.17, 15) is 4.79 Å². The largest absolute Gasteiger partial charge is 0.349 e. The van der Waals surface area contributed by atoms with E-state index in [2.05, 4.69) is 59.6 Å². The Bertz CT molecular complexity index is 648. The van der Waals surface area contributed by atoms with Crippen LogP contribution in [0.3, 0.4) is 0 Å². The minimum Gasteiger partial charge on any atom is -0.349 e. The van der Waals surface area contributed by atoms with Gasteiger partial charge in [0.05, 0.1) is 6.04 Å². The van der Waals surface area contributed by atoms with Crippen LogP contribution in [0.2, 0.25) is 0 Å². The van der Waals surface area contributed by atoms with Gasteiger partial charge in [-0.25, -0.2) is 0 Å². The van der Waals surface area contributed by atoms with Crippen molar-refractivity contribution in [2.45, 2.75) is 38.8 Å². The van der Waals surface area contributed by atoms with E-state index >= 15 is 0 Å². The maximum atomic E-state index is 12.7. The number of likely N-dealkylation sites (tertiary alicyclic amines) is 1. The summed E-state index contributed by atoms with van der Waals surface area (Å²) < 4.78 is 0. The van der Waals surface area contributed by atoms with Crippen molar-refractivity contribution < 1.29 is 4.79 Å². The average Bonchev–Trinajstić information content (AvgIpc) is 2.68. The highest BCUT2D eigenvalue weighted by Crippen LogP contribution is 2.22. The van der Waals surface area contributed by atoms with Crippen molar-refractivity contribution in [3.63, 3.8) is 0 Å². The van der Waals surface area contributed by atoms with Gasteiger partial charge < -0.3 is 5.32 Å². The number of carbonyl (C=O) groups excluding carboxylic acids is 1. The quantitative estimate of drug-likeness (QED) is 0.859. The third-order valence-corrected chi connectivity index (χ3v) is 5.13. The molecule has 0 saturated carbocycles. The van der Waals surface area contributed by atoms with Crippen LogP contribution in [0.25, 0.3) is 0 Å². The molecular formula is C22H28N2O. The number of nitrogens with one attached hydrogen (secondary N) is 1. The Morgan fingerprint density at radius 2 is 1.64 bits per heavy atom. The number of rotatable bonds is 6. The number of benzene rings is 2. The minimum atomic E-state index is 0.121. The highest BCUT2D eigenvalue weighted by Gasteiger charge is 2.26. The maximum absolute atomic E-state index is 12.7. The summed E-state index contributed by atoms with van der Waals surface area (Å²) in [6.07, 6.45) is 2.82. The second kappa shape index (κ2) is 8.82. The third-order valence-electron chi connectivity index (χ3n) is 5.13. The van der Waals surface area contributed by atoms with E-state index in [4.69, 9.17) is 0 Å². The molecule has 0 spiro atoms. The van der Waals surface area contributed by atoms with Gasteiger partial charge in [0.25, 0.3) is 0 Å². The fourth-order valence-electron chi connectivity index (χ4n) is 3.59. The number of carbonyl (C=O) groups is 1. The predicted octanol–water partition coefficient (Wildman–Crippen LogP) is 4.17. The summed E-state index contributed by atoms with van der Waals surface area (Å²) in [6, 6.07) is 21.0. The number of amides is 1. The monoisotopic (exact) mass is 336 g/mol. The zero-order chi connectivity index (χ0) is 17.5. The van der Waals surface area contributed by atoms with Crippen LogP contribution in [-0.2, 0) is 11.3 Å². The van der Waals surface area contributed by atoms with Crippen LogP contribution >= 0.6 is 0 Å². The van der Waals surface area contributed by atoms with E-state index < -0.39 is 0 Å². The molecule has 2 aromatic carbocycles. The predicted molar refractivity (Wildman–Crippen MR) is 102 cm³/mol. The van der Waals surface area contributed by atoms with Crippen LogP contribution in [0, 0.1) is 5.92 Å². The number of hydrogen-bond donors (Lipinski definition) is 1. The molecule has 3 nitrogen and oxygen atoms in total. The fourth-order valence-corrected chi connectivity index (χ4v) is 3.59. The Morgan fingerprint density at radius 3 is 2.24 bits per heavy atom. The Labute approximate surface area is 151 Å². The van der Waals surface area contributed by atoms with Crippen molar-refractivity contribution in [1.82, 2.24) is 10.2 Å². The topological polar surface area (TPSA) is 32.3 Å². The van der Waals surface area contributed by atoms with Crippen molar-refractivity contribution in [1.29, 1.82) is 0 Å². The molecule has 132 valence electrons. The molecular weight excluding hydrogens is 308 g/mol. The summed E-state index contributed by atoms with van der Waals surface area (Å²) in [6.45, 7) is 5.10. The standard InChI is InChI=1S/C22H28N2O/c1-2-21(19-11-7-4-8-12-19)23-22(25)20-13-15-24(16-14-20)17-18-9-5-3-6-10-18/h3-12,20-21H,2,13-17H2,1H3,(H,23,25)/t21-/m1/s1. The Kier molecular flexibility index (Phi) is 6.24. The number of nitrogens with zero attached hydrogens (tertiary/aromatic N) is 1. The highest BCUT2D eigenvalue weighted by atomic mass is 16.1. The lowest BCUT2D eigenvalue weighted by atomic mass is 9.94. The average molecular weight is 336 g/mol. The summed E-state index contributed by atoms with van der Waals surface area (Å²) in [5.74, 6) is 0.361. The molecule has 1 N–H and O–H groups in total. The van der Waals surface area contributed by atoms with Crippen LogP contribution < -0.4 is 5.32 Å². The lowest BCUT2D eigenvalue weighted by molar-refractivity contribution is -0.127. The van der Waals surface area contributed by atoms with Gasteiger partial charge in [-0.2, -0.15) is 0 Å². The van der Waals surface area contributed by atoms with Crippen molar-refractivity contribution in [3.05, 3.63) is 71.8 Å². The Hall–Kier alpha value is -2.13. The van der Waals surface area contributed by atoms with Gasteiger partial charge in [-0.1, -0.05) is 67.6 Å². The third kappa shape index (κ3) is 4.93. The van der Waals surface area contributed by atoms with Crippen LogP contribution in [0.4, 0.5) is 0 Å². The molecule has 25 heavy (non-hydrogen) atoms. The molecule has 1 aliphatic heterocycles. The normalized spacial score (nSPS) is 17.2. The van der Waals surface area contributed by atoms with E-state index in [1.165, 1.54) is 11.1 Å². The molecule has 1 fully saturated rings. The maximum Gasteiger partial charge on any atom is 0.223 e. The van der Waals surface area contributed by atoms with Gasteiger partial charge in [0, 0.05) is 12.5 Å². The van der Waals surface area contributed by atoms with Gasteiger partial charge in [0.1, 0.15) is 0 Å². The molecule has 0 aromatic heterocycles. The molecule has 1 saturated heterocycles. The lowest BCUT2D eigenvalue weighted by Crippen LogP contribution is -2.41. The van der Waals surface area contributed by atoms with E-state index in [0.29, 0.717) is 0 Å². The minimum absolute atomic E-state index is 0.121. The van der Waals surface area contributed by atoms with Crippen LogP contribution in [0.15, 0.2) is 60.7 Å². The smallest absolute Gasteiger partial charge is 0.223 e. The van der Waals surface area contributed by atoms with Gasteiger partial charge in [-0.3, -0.25) is 9.69 Å². The fraction of sp³-hybridized carbons (Fsp3) is 0.409. The summed E-state index contributed by atoms with van der Waals surface area (Å²) in [7, 11) is 0. The molecule has 1 atom stereocenters. The molecule has 0 radical (unpaired) electrons. The molecule has 0 bridgehead atoms. The van der Waals surface area contributed by atoms with E-state index in [0.717, 1.165) is 38.9 Å². The first kappa shape index (κ1) is 17.7. The first-order valence-corrected chi connectivity index (χ1v) is 9.38. The lowest BCUT2D eigenvalue weighted by Gasteiger charge is -2.32. The van der Waals surface area contributed by atoms with Gasteiger partial charge in [0.2, 0.25) is 5.91 Å². The zero-order valence-corrected chi connectivity index (χ0v) is 15.0. The molecule has 1 heterocycles. The van der Waals surface area contributed by atoms with E-state index in [1.54, 1.807) is 0 Å². The number of hydrogen-bond acceptors (Lipinski definition) is 2. The van der Waals surface area contributed by atoms with Crippen molar-refractivity contribution in [3.8, 4) is 0 Å². The van der Waals surface area contributed by atoms with E-state index in [1.807, 2.05) is 18.2 Å². The Balaban J connectivity index is 1.49. The molecule has 0 aliphatic carbocycles. The molecule has 3 rings (SSSR count). The van der Waals surface area contributed by atoms with Gasteiger partial charge in [-0.15, -0.1) is 0 Å². The zero-order valence-electron chi connectivity index (χ0n) is 15.0. The van der Waals surface area contributed by atoms with Crippen LogP contribution in [-0.4, -0.2) is 23.9 Å². The summed E-state index contributed by atoms with van der Waals surface area (Å²) in [5, 5.41) is 3.26. The molecule has 0 unspecified atom stereocenters. The SMILES string of the molecule is CC[C@@H](NC(=O)C1CCN(Cc2ccccc2)CC1)c1ccccc1. The van der Waals surface area contributed by atoms with Crippen molar-refractivity contribution in [2.75, 3.05) is 13.1 Å². The molecule has 1 amide bonds. The van der Waals surface area contributed by atoms with Crippen molar-refractivity contribution in [2.24, 2.45) is 5.92 Å². The van der Waals surface area contributed by atoms with Crippen LogP contribution in [0.1, 0.15) is 43.4 Å². The second-order valence-corrected chi connectivity index (χ2v) is 6.92. The van der Waals surface area contributed by atoms with Gasteiger partial charge in [0.15, 0.2) is 0 Å².